The van der Waals surface area contributed by atoms with Gasteiger partial charge in [0.05, 0.1) is 28.8 Å². The number of nitriles is 1. The second-order valence-electron chi connectivity index (χ2n) is 10.3. The average Bonchev–Trinajstić information content (AvgIpc) is 3.32. The van der Waals surface area contributed by atoms with Gasteiger partial charge in [0.15, 0.2) is 5.78 Å². The van der Waals surface area contributed by atoms with Crippen molar-refractivity contribution in [1.82, 2.24) is 14.8 Å². The molecule has 0 amide bonds. The molecule has 2 aromatic carbocycles. The van der Waals surface area contributed by atoms with Crippen molar-refractivity contribution in [3.8, 4) is 34.1 Å². The zero-order valence-corrected chi connectivity index (χ0v) is 21.0. The summed E-state index contributed by atoms with van der Waals surface area (Å²) in [5, 5.41) is 14.8. The van der Waals surface area contributed by atoms with Gasteiger partial charge >= 0.3 is 0 Å². The molecule has 0 radical (unpaired) electrons. The Morgan fingerprint density at radius 1 is 1.00 bits per heavy atom. The predicted octanol–water partition coefficient (Wildman–Crippen LogP) is 6.37. The van der Waals surface area contributed by atoms with Gasteiger partial charge in [-0.25, -0.2) is 13.5 Å². The van der Waals surface area contributed by atoms with E-state index in [1.165, 1.54) is 24.4 Å². The molecule has 0 bridgehead atoms. The molecule has 0 fully saturated rings. The van der Waals surface area contributed by atoms with Gasteiger partial charge in [0, 0.05) is 34.2 Å². The lowest BCUT2D eigenvalue weighted by Crippen LogP contribution is -2.46. The first kappa shape index (κ1) is 23.9. The monoisotopic (exact) mass is 506 g/mol. The Bertz CT molecular complexity index is 1650. The molecular formula is C31H24F2N4O. The lowest BCUT2D eigenvalue weighted by atomic mass is 9.57. The summed E-state index contributed by atoms with van der Waals surface area (Å²) in [4.78, 5) is 16.8. The first-order valence-corrected chi connectivity index (χ1v) is 12.6. The molecule has 3 atom stereocenters. The second-order valence-corrected chi connectivity index (χ2v) is 10.3. The van der Waals surface area contributed by atoms with Crippen LogP contribution in [0.15, 0.2) is 78.6 Å². The standard InChI is InChI=1S/C31H24F2N4O/c1-18-27-12-11-26-28(20-3-7-23(32)8-4-20)36-37(30(26)31(27,2)14-22(15-34)29(18)38)25-9-5-19(6-10-25)21-13-24(33)17-35-16-21/h3-10,13-14,16-18,27H,11-12H2,1-2H3/t18-,27-,31-/m1/s1. The molecule has 6 rings (SSSR count). The minimum atomic E-state index is -0.609. The van der Waals surface area contributed by atoms with Crippen molar-refractivity contribution in [3.63, 3.8) is 0 Å². The van der Waals surface area contributed by atoms with E-state index in [1.54, 1.807) is 18.3 Å². The van der Waals surface area contributed by atoms with E-state index in [9.17, 15) is 18.8 Å². The van der Waals surface area contributed by atoms with Gasteiger partial charge in [-0.15, -0.1) is 0 Å². The third kappa shape index (κ3) is 3.67. The Labute approximate surface area is 219 Å². The van der Waals surface area contributed by atoms with Crippen molar-refractivity contribution >= 4 is 5.78 Å². The van der Waals surface area contributed by atoms with Gasteiger partial charge in [0.2, 0.25) is 0 Å². The second kappa shape index (κ2) is 8.84. The Balaban J connectivity index is 1.56. The van der Waals surface area contributed by atoms with Gasteiger partial charge in [0.25, 0.3) is 0 Å². The molecule has 188 valence electrons. The van der Waals surface area contributed by atoms with Gasteiger partial charge in [-0.05, 0) is 66.8 Å². The van der Waals surface area contributed by atoms with Crippen molar-refractivity contribution in [1.29, 1.82) is 5.26 Å². The number of halogens is 2. The summed E-state index contributed by atoms with van der Waals surface area (Å²) in [7, 11) is 0. The SMILES string of the molecule is C[C@H]1C(=O)C(C#N)=C[C@@]2(C)c3c(c(-c4ccc(F)cc4)nn3-c3ccc(-c4cncc(F)c4)cc3)CC[C@H]12. The van der Waals surface area contributed by atoms with Crippen LogP contribution in [0.25, 0.3) is 28.1 Å². The molecule has 0 saturated carbocycles. The Kier molecular flexibility index (Phi) is 5.57. The van der Waals surface area contributed by atoms with Crippen LogP contribution in [0.4, 0.5) is 8.78 Å². The number of carbonyl (C=O) groups is 1. The summed E-state index contributed by atoms with van der Waals surface area (Å²) in [5.74, 6) is -1.13. The van der Waals surface area contributed by atoms with E-state index in [2.05, 4.69) is 18.0 Å². The molecule has 2 aliphatic rings. The molecule has 0 saturated heterocycles. The van der Waals surface area contributed by atoms with Crippen LogP contribution in [0.5, 0.6) is 0 Å². The van der Waals surface area contributed by atoms with Crippen LogP contribution in [0.2, 0.25) is 0 Å². The van der Waals surface area contributed by atoms with Gasteiger partial charge in [0.1, 0.15) is 17.7 Å². The Hall–Kier alpha value is -4.44. The fraction of sp³-hybridized carbons (Fsp3) is 0.226. The largest absolute Gasteiger partial charge is 0.293 e. The van der Waals surface area contributed by atoms with Gasteiger partial charge in [-0.2, -0.15) is 10.4 Å². The van der Waals surface area contributed by atoms with Crippen molar-refractivity contribution in [2.24, 2.45) is 11.8 Å². The van der Waals surface area contributed by atoms with Crippen LogP contribution >= 0.6 is 0 Å². The van der Waals surface area contributed by atoms with E-state index in [4.69, 9.17) is 5.10 Å². The third-order valence-corrected chi connectivity index (χ3v) is 8.08. The zero-order valence-electron chi connectivity index (χ0n) is 21.0. The maximum absolute atomic E-state index is 13.7. The summed E-state index contributed by atoms with van der Waals surface area (Å²) < 4.78 is 29.4. The number of benzene rings is 2. The van der Waals surface area contributed by atoms with Crippen molar-refractivity contribution in [2.45, 2.75) is 32.1 Å². The molecule has 0 spiro atoms. The van der Waals surface area contributed by atoms with E-state index < -0.39 is 11.2 Å². The highest BCUT2D eigenvalue weighted by molar-refractivity contribution is 6.02. The number of hydrogen-bond donors (Lipinski definition) is 0. The lowest BCUT2D eigenvalue weighted by Gasteiger charge is -2.45. The summed E-state index contributed by atoms with van der Waals surface area (Å²) in [6.07, 6.45) is 6.08. The van der Waals surface area contributed by atoms with E-state index in [0.29, 0.717) is 12.0 Å². The van der Waals surface area contributed by atoms with Gasteiger partial charge in [-0.3, -0.25) is 9.78 Å². The third-order valence-electron chi connectivity index (χ3n) is 8.08. The van der Waals surface area contributed by atoms with E-state index in [-0.39, 0.29) is 29.0 Å². The smallest absolute Gasteiger partial charge is 0.176 e. The van der Waals surface area contributed by atoms with Crippen molar-refractivity contribution in [3.05, 3.63) is 102 Å². The van der Waals surface area contributed by atoms with Crippen molar-refractivity contribution < 1.29 is 13.6 Å². The highest BCUT2D eigenvalue weighted by Gasteiger charge is 2.50. The topological polar surface area (TPSA) is 71.6 Å². The van der Waals surface area contributed by atoms with Crippen LogP contribution in [0, 0.1) is 34.8 Å². The number of hydrogen-bond acceptors (Lipinski definition) is 4. The number of nitrogens with zero attached hydrogens (tertiary/aromatic N) is 4. The quantitative estimate of drug-likeness (QED) is 0.324. The fourth-order valence-electron chi connectivity index (χ4n) is 6.24. The van der Waals surface area contributed by atoms with Crippen molar-refractivity contribution in [2.75, 3.05) is 0 Å². The van der Waals surface area contributed by atoms with Crippen LogP contribution in [-0.4, -0.2) is 20.5 Å². The highest BCUT2D eigenvalue weighted by Crippen LogP contribution is 2.52. The van der Waals surface area contributed by atoms with Crippen LogP contribution in [-0.2, 0) is 16.6 Å². The van der Waals surface area contributed by atoms with Crippen LogP contribution in [0.1, 0.15) is 31.5 Å². The number of rotatable bonds is 3. The fourth-order valence-corrected chi connectivity index (χ4v) is 6.24. The number of allylic oxidation sites excluding steroid dienone is 2. The first-order valence-electron chi connectivity index (χ1n) is 12.6. The number of pyridine rings is 1. The summed E-state index contributed by atoms with van der Waals surface area (Å²) in [5.41, 5.74) is 5.36. The van der Waals surface area contributed by atoms with E-state index in [1.807, 2.05) is 41.9 Å². The molecule has 2 aliphatic carbocycles. The predicted molar refractivity (Wildman–Crippen MR) is 139 cm³/mol. The number of Topliss-reactive ketones (excluding diaryl/α,β-unsaturated/α-hetero) is 1. The maximum atomic E-state index is 13.7. The molecule has 7 heteroatoms. The zero-order chi connectivity index (χ0) is 26.6. The molecule has 38 heavy (non-hydrogen) atoms. The number of fused-ring (bicyclic) bond motifs is 3. The molecule has 0 N–H and O–H groups in total. The summed E-state index contributed by atoms with van der Waals surface area (Å²) in [6.45, 7) is 3.99. The summed E-state index contributed by atoms with van der Waals surface area (Å²) >= 11 is 0. The normalized spacial score (nSPS) is 22.3. The molecular weight excluding hydrogens is 482 g/mol. The molecule has 5 nitrogen and oxygen atoms in total. The van der Waals surface area contributed by atoms with E-state index >= 15 is 0 Å². The lowest BCUT2D eigenvalue weighted by molar-refractivity contribution is -0.121. The number of carbonyl (C=O) groups excluding carboxylic acids is 1. The minimum Gasteiger partial charge on any atom is -0.293 e. The molecule has 0 unspecified atom stereocenters. The van der Waals surface area contributed by atoms with Gasteiger partial charge in [-0.1, -0.05) is 32.1 Å². The van der Waals surface area contributed by atoms with Crippen LogP contribution in [0.3, 0.4) is 0 Å². The molecule has 2 aromatic heterocycles. The maximum Gasteiger partial charge on any atom is 0.176 e. The average molecular weight is 507 g/mol. The summed E-state index contributed by atoms with van der Waals surface area (Å²) in [6, 6.07) is 17.5. The Morgan fingerprint density at radius 2 is 1.71 bits per heavy atom. The minimum absolute atomic E-state index is 0.00811. The Morgan fingerprint density at radius 3 is 2.39 bits per heavy atom. The van der Waals surface area contributed by atoms with E-state index in [0.717, 1.165) is 40.2 Å². The van der Waals surface area contributed by atoms with Gasteiger partial charge < -0.3 is 0 Å². The first-order chi connectivity index (χ1) is 18.3. The number of ketones is 1. The molecule has 0 aliphatic heterocycles. The molecule has 2 heterocycles. The number of aromatic nitrogens is 3. The highest BCUT2D eigenvalue weighted by atomic mass is 19.1. The molecule has 4 aromatic rings. The van der Waals surface area contributed by atoms with Crippen LogP contribution < -0.4 is 0 Å².